The first-order chi connectivity index (χ1) is 14.8. The molecule has 9 heteroatoms. The molecule has 1 fully saturated rings. The van der Waals surface area contributed by atoms with Gasteiger partial charge in [0.1, 0.15) is 16.2 Å². The first kappa shape index (κ1) is 22.8. The summed E-state index contributed by atoms with van der Waals surface area (Å²) in [5.41, 5.74) is 0.0566. The van der Waals surface area contributed by atoms with E-state index < -0.39 is 28.5 Å². The maximum Gasteiger partial charge on any atom is 0.342 e. The number of phenolic OH excluding ortho intramolecular Hbond substituents is 1. The number of sulfonamides is 1. The smallest absolute Gasteiger partial charge is 0.342 e. The number of anilines is 1. The highest BCUT2D eigenvalue weighted by Crippen LogP contribution is 2.29. The van der Waals surface area contributed by atoms with Crippen LogP contribution in [0.2, 0.25) is 0 Å². The number of esters is 1. The van der Waals surface area contributed by atoms with Gasteiger partial charge in [-0.3, -0.25) is 4.79 Å². The third-order valence-corrected chi connectivity index (χ3v) is 7.33. The predicted molar refractivity (Wildman–Crippen MR) is 115 cm³/mol. The maximum atomic E-state index is 13.2. The summed E-state index contributed by atoms with van der Waals surface area (Å²) >= 11 is 0. The second-order valence-corrected chi connectivity index (χ2v) is 9.42. The summed E-state index contributed by atoms with van der Waals surface area (Å²) in [5.74, 6) is -1.80. The van der Waals surface area contributed by atoms with Crippen LogP contribution in [-0.4, -0.2) is 49.4 Å². The molecule has 0 heterocycles. The number of amides is 1. The van der Waals surface area contributed by atoms with Crippen LogP contribution in [-0.2, 0) is 19.6 Å². The van der Waals surface area contributed by atoms with Crippen LogP contribution in [0.4, 0.5) is 5.69 Å². The Balaban J connectivity index is 1.69. The molecular formula is C22H26N2O6S. The minimum atomic E-state index is -3.82. The van der Waals surface area contributed by atoms with Crippen molar-refractivity contribution in [2.24, 2.45) is 0 Å². The van der Waals surface area contributed by atoms with Gasteiger partial charge in [0.05, 0.1) is 5.69 Å². The average Bonchev–Trinajstić information content (AvgIpc) is 2.78. The molecule has 0 unspecified atom stereocenters. The minimum absolute atomic E-state index is 0.0107. The zero-order chi connectivity index (χ0) is 22.4. The quantitative estimate of drug-likeness (QED) is 0.632. The van der Waals surface area contributed by atoms with Crippen LogP contribution >= 0.6 is 0 Å². The highest BCUT2D eigenvalue weighted by molar-refractivity contribution is 7.89. The van der Waals surface area contributed by atoms with Gasteiger partial charge in [-0.05, 0) is 37.1 Å². The number of ether oxygens (including phenoxy) is 1. The molecule has 0 bridgehead atoms. The Bertz CT molecular complexity index is 1050. The normalized spacial score (nSPS) is 14.9. The van der Waals surface area contributed by atoms with E-state index in [-0.39, 0.29) is 27.9 Å². The number of carbonyl (C=O) groups is 2. The first-order valence-electron chi connectivity index (χ1n) is 10.1. The number of carbonyl (C=O) groups excluding carboxylic acids is 2. The number of rotatable bonds is 7. The maximum absolute atomic E-state index is 13.2. The SMILES string of the molecule is CN(C1CCCCC1)S(=O)(=O)c1ccccc1NC(=O)COC(=O)c1ccccc1O. The lowest BCUT2D eigenvalue weighted by molar-refractivity contribution is -0.119. The molecule has 166 valence electrons. The Morgan fingerprint density at radius 2 is 1.71 bits per heavy atom. The summed E-state index contributed by atoms with van der Waals surface area (Å²) in [6, 6.07) is 11.9. The van der Waals surface area contributed by atoms with Gasteiger partial charge in [-0.2, -0.15) is 4.31 Å². The number of nitrogens with one attached hydrogen (secondary N) is 1. The highest BCUT2D eigenvalue weighted by atomic mass is 32.2. The zero-order valence-corrected chi connectivity index (χ0v) is 18.1. The van der Waals surface area contributed by atoms with E-state index in [1.165, 1.54) is 28.6 Å². The van der Waals surface area contributed by atoms with Crippen molar-refractivity contribution in [3.8, 4) is 5.75 Å². The molecule has 31 heavy (non-hydrogen) atoms. The summed E-state index contributed by atoms with van der Waals surface area (Å²) in [6.07, 6.45) is 4.71. The largest absolute Gasteiger partial charge is 0.507 e. The van der Waals surface area contributed by atoms with Crippen LogP contribution in [0.15, 0.2) is 53.4 Å². The molecule has 0 aliphatic heterocycles. The van der Waals surface area contributed by atoms with Gasteiger partial charge in [0.2, 0.25) is 10.0 Å². The average molecular weight is 447 g/mol. The first-order valence-corrected chi connectivity index (χ1v) is 11.6. The lowest BCUT2D eigenvalue weighted by Gasteiger charge is -2.30. The molecular weight excluding hydrogens is 420 g/mol. The fraction of sp³-hybridized carbons (Fsp3) is 0.364. The summed E-state index contributed by atoms with van der Waals surface area (Å²) in [6.45, 7) is -0.625. The van der Waals surface area contributed by atoms with E-state index in [9.17, 15) is 23.1 Å². The molecule has 1 aliphatic rings. The topological polar surface area (TPSA) is 113 Å². The van der Waals surface area contributed by atoms with Crippen molar-refractivity contribution in [2.75, 3.05) is 19.0 Å². The fourth-order valence-electron chi connectivity index (χ4n) is 3.63. The lowest BCUT2D eigenvalue weighted by Crippen LogP contribution is -2.38. The predicted octanol–water partition coefficient (Wildman–Crippen LogP) is 3.14. The van der Waals surface area contributed by atoms with E-state index in [1.807, 2.05) is 0 Å². The minimum Gasteiger partial charge on any atom is -0.507 e. The van der Waals surface area contributed by atoms with Crippen molar-refractivity contribution in [1.82, 2.24) is 4.31 Å². The van der Waals surface area contributed by atoms with Gasteiger partial charge >= 0.3 is 5.97 Å². The van der Waals surface area contributed by atoms with Gasteiger partial charge in [-0.15, -0.1) is 0 Å². The molecule has 0 saturated heterocycles. The molecule has 2 aromatic carbocycles. The second kappa shape index (κ2) is 9.93. The molecule has 0 radical (unpaired) electrons. The summed E-state index contributed by atoms with van der Waals surface area (Å²) in [7, 11) is -2.25. The Hall–Kier alpha value is -2.91. The number of nitrogens with zero attached hydrogens (tertiary/aromatic N) is 1. The molecule has 1 saturated carbocycles. The molecule has 1 aliphatic carbocycles. The Morgan fingerprint density at radius 1 is 1.06 bits per heavy atom. The van der Waals surface area contributed by atoms with E-state index >= 15 is 0 Å². The van der Waals surface area contributed by atoms with Gasteiger partial charge in [0.15, 0.2) is 6.61 Å². The molecule has 8 nitrogen and oxygen atoms in total. The van der Waals surface area contributed by atoms with Gasteiger partial charge in [0, 0.05) is 13.1 Å². The van der Waals surface area contributed by atoms with Gasteiger partial charge < -0.3 is 15.2 Å². The Morgan fingerprint density at radius 3 is 2.42 bits per heavy atom. The van der Waals surface area contributed by atoms with Crippen LogP contribution in [0.5, 0.6) is 5.75 Å². The van der Waals surface area contributed by atoms with E-state index in [0.29, 0.717) is 0 Å². The standard InChI is InChI=1S/C22H26N2O6S/c1-24(16-9-3-2-4-10-16)31(28,29)20-14-8-6-12-18(20)23-21(26)15-30-22(27)17-11-5-7-13-19(17)25/h5-8,11-14,16,25H,2-4,9-10,15H2,1H3,(H,23,26). The van der Waals surface area contributed by atoms with Crippen molar-refractivity contribution in [3.05, 3.63) is 54.1 Å². The molecule has 0 aromatic heterocycles. The van der Waals surface area contributed by atoms with Gasteiger partial charge in [-0.1, -0.05) is 43.5 Å². The lowest BCUT2D eigenvalue weighted by atomic mass is 9.96. The zero-order valence-electron chi connectivity index (χ0n) is 17.3. The van der Waals surface area contributed by atoms with Crippen molar-refractivity contribution in [3.63, 3.8) is 0 Å². The third kappa shape index (κ3) is 5.42. The van der Waals surface area contributed by atoms with Crippen molar-refractivity contribution >= 4 is 27.6 Å². The number of benzene rings is 2. The molecule has 0 atom stereocenters. The van der Waals surface area contributed by atoms with Gasteiger partial charge in [-0.25, -0.2) is 13.2 Å². The Labute approximate surface area is 181 Å². The van der Waals surface area contributed by atoms with E-state index in [2.05, 4.69) is 5.32 Å². The van der Waals surface area contributed by atoms with Crippen LogP contribution in [0.3, 0.4) is 0 Å². The number of aromatic hydroxyl groups is 1. The number of phenols is 1. The monoisotopic (exact) mass is 446 g/mol. The number of hydrogen-bond acceptors (Lipinski definition) is 6. The molecule has 2 aromatic rings. The van der Waals surface area contributed by atoms with Crippen molar-refractivity contribution in [2.45, 2.75) is 43.0 Å². The fourth-order valence-corrected chi connectivity index (χ4v) is 5.19. The van der Waals surface area contributed by atoms with E-state index in [0.717, 1.165) is 32.1 Å². The summed E-state index contributed by atoms with van der Waals surface area (Å²) in [5, 5.41) is 12.2. The molecule has 1 amide bonds. The van der Waals surface area contributed by atoms with Crippen LogP contribution < -0.4 is 5.32 Å². The third-order valence-electron chi connectivity index (χ3n) is 5.37. The van der Waals surface area contributed by atoms with Crippen molar-refractivity contribution in [1.29, 1.82) is 0 Å². The van der Waals surface area contributed by atoms with Crippen molar-refractivity contribution < 1.29 is 27.9 Å². The molecule has 2 N–H and O–H groups in total. The van der Waals surface area contributed by atoms with Crippen LogP contribution in [0, 0.1) is 0 Å². The number of hydrogen-bond donors (Lipinski definition) is 2. The molecule has 3 rings (SSSR count). The second-order valence-electron chi connectivity index (χ2n) is 7.45. The van der Waals surface area contributed by atoms with E-state index in [4.69, 9.17) is 4.74 Å². The Kier molecular flexibility index (Phi) is 7.29. The highest BCUT2D eigenvalue weighted by Gasteiger charge is 2.31. The molecule has 0 spiro atoms. The number of para-hydroxylation sites is 2. The van der Waals surface area contributed by atoms with Gasteiger partial charge in [0.25, 0.3) is 5.91 Å². The van der Waals surface area contributed by atoms with E-state index in [1.54, 1.807) is 31.3 Å². The summed E-state index contributed by atoms with van der Waals surface area (Å²) < 4.78 is 32.7. The van der Waals surface area contributed by atoms with Crippen LogP contribution in [0.1, 0.15) is 42.5 Å². The van der Waals surface area contributed by atoms with Crippen LogP contribution in [0.25, 0.3) is 0 Å². The summed E-state index contributed by atoms with van der Waals surface area (Å²) in [4.78, 5) is 24.4.